The molecule has 1 saturated carbocycles. The van der Waals surface area contributed by atoms with Gasteiger partial charge in [0.25, 0.3) is 0 Å². The van der Waals surface area contributed by atoms with Crippen LogP contribution < -0.4 is 5.19 Å². The number of thiophene rings is 1. The Hall–Kier alpha value is -3.73. The van der Waals surface area contributed by atoms with Crippen LogP contribution in [0.1, 0.15) is 62.1 Å². The second kappa shape index (κ2) is 16.5. The van der Waals surface area contributed by atoms with Gasteiger partial charge in [0.05, 0.1) is 8.07 Å². The molecule has 52 heavy (non-hydrogen) atoms. The number of aromatic nitrogens is 2. The van der Waals surface area contributed by atoms with Gasteiger partial charge >= 0.3 is 0 Å². The molecule has 1 fully saturated rings. The van der Waals surface area contributed by atoms with Crippen molar-refractivity contribution < 1.29 is 20.1 Å². The van der Waals surface area contributed by atoms with Gasteiger partial charge in [0.15, 0.2) is 0 Å². The first-order valence-corrected chi connectivity index (χ1v) is 22.8. The second-order valence-corrected chi connectivity index (χ2v) is 21.6. The van der Waals surface area contributed by atoms with E-state index in [4.69, 9.17) is 4.98 Å². The third kappa shape index (κ3) is 8.40. The van der Waals surface area contributed by atoms with Gasteiger partial charge in [0.2, 0.25) is 0 Å². The summed E-state index contributed by atoms with van der Waals surface area (Å²) in [7, 11) is -1.34. The number of rotatable bonds is 7. The normalized spacial score (nSPS) is 13.3. The van der Waals surface area contributed by atoms with E-state index in [0.717, 1.165) is 28.4 Å². The molecule has 0 N–H and O–H groups in total. The predicted octanol–water partition coefficient (Wildman–Crippen LogP) is 12.8. The summed E-state index contributed by atoms with van der Waals surface area (Å²) in [6.07, 6.45) is 10.8. The van der Waals surface area contributed by atoms with Crippen molar-refractivity contribution >= 4 is 44.8 Å². The summed E-state index contributed by atoms with van der Waals surface area (Å²) >= 11 is 1.87. The molecule has 8 rings (SSSR count). The minimum atomic E-state index is -1.34. The third-order valence-electron chi connectivity index (χ3n) is 10.3. The largest absolute Gasteiger partial charge is 0.305 e. The molecule has 5 heteroatoms. The van der Waals surface area contributed by atoms with E-state index in [1.165, 1.54) is 85.3 Å². The predicted molar refractivity (Wildman–Crippen MR) is 223 cm³/mol. The molecule has 1 aliphatic rings. The van der Waals surface area contributed by atoms with Crippen molar-refractivity contribution in [3.8, 4) is 33.6 Å². The number of fused-ring (bicyclic) bond motifs is 3. The fourth-order valence-electron chi connectivity index (χ4n) is 7.54. The van der Waals surface area contributed by atoms with Gasteiger partial charge < -0.3 is 9.97 Å². The fourth-order valence-corrected chi connectivity index (χ4v) is 10.5. The Morgan fingerprint density at radius 1 is 0.827 bits per heavy atom. The molecule has 1 radical (unpaired) electrons. The Kier molecular flexibility index (Phi) is 12.1. The molecule has 0 unspecified atom stereocenters. The van der Waals surface area contributed by atoms with E-state index in [9.17, 15) is 0 Å². The van der Waals surface area contributed by atoms with Crippen LogP contribution in [0.4, 0.5) is 0 Å². The summed E-state index contributed by atoms with van der Waals surface area (Å²) in [5, 5.41) is 4.16. The van der Waals surface area contributed by atoms with E-state index >= 15 is 0 Å². The monoisotopic (exact) mass is 893 g/mol. The maximum Gasteiger partial charge on any atom is 0.0799 e. The standard InChI is InChI=1S/C30H26NS.C17H22NSi.Ir/c1-20-11-13-25(27-18-22(15-16-31-27)17-21-7-5-6-8-21)30-29(20)26-19-24(12-14-28(26)32-30)23-9-3-2-4-10-23;1-13(2)15-11-16(14-9-7-6-8-10-14)18-12-17(15)19(3,4)5;/h2-4,9-12,14-16,18-19,21H,5-8,17H2,1H3;6-9,11-13H,1-5H3;/q2*-1;. The van der Waals surface area contributed by atoms with E-state index in [2.05, 4.69) is 143 Å². The molecule has 267 valence electrons. The molecule has 1 aliphatic carbocycles. The maximum absolute atomic E-state index is 4.77. The zero-order valence-corrected chi connectivity index (χ0v) is 35.4. The van der Waals surface area contributed by atoms with Crippen molar-refractivity contribution in [2.24, 2.45) is 5.92 Å². The van der Waals surface area contributed by atoms with E-state index in [-0.39, 0.29) is 20.1 Å². The van der Waals surface area contributed by atoms with Crippen molar-refractivity contribution in [1.29, 1.82) is 0 Å². The van der Waals surface area contributed by atoms with E-state index in [1.54, 1.807) is 0 Å². The topological polar surface area (TPSA) is 25.8 Å². The summed E-state index contributed by atoms with van der Waals surface area (Å²) < 4.78 is 2.63. The van der Waals surface area contributed by atoms with E-state index < -0.39 is 8.07 Å². The maximum atomic E-state index is 4.77. The Bertz CT molecular complexity index is 2270. The fraction of sp³-hybridized carbons (Fsp3) is 0.277. The molecular weight excluding hydrogens is 845 g/mol. The van der Waals surface area contributed by atoms with Gasteiger partial charge in [0, 0.05) is 37.2 Å². The Balaban J connectivity index is 0.000000200. The van der Waals surface area contributed by atoms with Gasteiger partial charge in [-0.2, -0.15) is 11.3 Å². The van der Waals surface area contributed by atoms with Gasteiger partial charge in [-0.25, -0.2) is 0 Å². The molecule has 0 saturated heterocycles. The molecule has 0 bridgehead atoms. The zero-order chi connectivity index (χ0) is 35.5. The smallest absolute Gasteiger partial charge is 0.0799 e. The average Bonchev–Trinajstić information content (AvgIpc) is 3.80. The van der Waals surface area contributed by atoms with Crippen molar-refractivity contribution in [3.05, 3.63) is 138 Å². The van der Waals surface area contributed by atoms with Gasteiger partial charge in [-0.3, -0.25) is 0 Å². The van der Waals surface area contributed by atoms with E-state index in [1.807, 2.05) is 35.7 Å². The van der Waals surface area contributed by atoms with Crippen molar-refractivity contribution in [3.63, 3.8) is 0 Å². The number of pyridine rings is 2. The number of hydrogen-bond donors (Lipinski definition) is 0. The second-order valence-electron chi connectivity index (χ2n) is 15.5. The van der Waals surface area contributed by atoms with E-state index in [0.29, 0.717) is 5.92 Å². The third-order valence-corrected chi connectivity index (χ3v) is 13.5. The summed E-state index contributed by atoms with van der Waals surface area (Å²) in [4.78, 5) is 9.44. The molecular formula is C47H48IrN2SSi-2. The van der Waals surface area contributed by atoms with Gasteiger partial charge in [-0.15, -0.1) is 59.2 Å². The molecule has 2 nitrogen and oxygen atoms in total. The van der Waals surface area contributed by atoms with Crippen molar-refractivity contribution in [1.82, 2.24) is 9.97 Å². The molecule has 0 aliphatic heterocycles. The minimum absolute atomic E-state index is 0. The quantitative estimate of drug-likeness (QED) is 0.118. The van der Waals surface area contributed by atoms with Crippen LogP contribution in [0.3, 0.4) is 0 Å². The Morgan fingerprint density at radius 3 is 2.31 bits per heavy atom. The number of aryl methyl sites for hydroxylation is 1. The molecule has 4 aromatic carbocycles. The SMILES string of the molecule is CC(C)c1cc(-c2[c-]cccc2)ncc1[Si](C)(C)C.Cc1c[c-]c(-c2cc(CC3CCCC3)ccn2)c2sc3ccc(-c4ccccc4)cc3c12.[Ir]. The Labute approximate surface area is 329 Å². The first-order valence-electron chi connectivity index (χ1n) is 18.5. The Morgan fingerprint density at radius 2 is 1.60 bits per heavy atom. The number of hydrogen-bond acceptors (Lipinski definition) is 3. The van der Waals surface area contributed by atoms with Crippen molar-refractivity contribution in [2.75, 3.05) is 0 Å². The summed E-state index contributed by atoms with van der Waals surface area (Å²) in [5.41, 5.74) is 11.0. The summed E-state index contributed by atoms with van der Waals surface area (Å²) in [6.45, 7) is 13.9. The summed E-state index contributed by atoms with van der Waals surface area (Å²) in [5.74, 6) is 1.38. The molecule has 0 amide bonds. The van der Waals surface area contributed by atoms with Crippen LogP contribution in [0.5, 0.6) is 0 Å². The van der Waals surface area contributed by atoms with Gasteiger partial charge in [0.1, 0.15) is 0 Å². The molecule has 7 aromatic rings. The van der Waals surface area contributed by atoms with Crippen LogP contribution in [0.15, 0.2) is 109 Å². The van der Waals surface area contributed by atoms with Crippen LogP contribution in [0, 0.1) is 25.0 Å². The van der Waals surface area contributed by atoms with Crippen LogP contribution >= 0.6 is 11.3 Å². The van der Waals surface area contributed by atoms with Crippen LogP contribution in [-0.4, -0.2) is 18.0 Å². The number of nitrogens with zero attached hydrogens (tertiary/aromatic N) is 2. The first-order chi connectivity index (χ1) is 24.7. The van der Waals surface area contributed by atoms with Crippen LogP contribution in [0.25, 0.3) is 53.8 Å². The molecule has 0 spiro atoms. The van der Waals surface area contributed by atoms with Crippen LogP contribution in [-0.2, 0) is 26.5 Å². The number of benzene rings is 4. The summed E-state index contributed by atoms with van der Waals surface area (Å²) in [6, 6.07) is 41.3. The molecule has 0 atom stereocenters. The zero-order valence-electron chi connectivity index (χ0n) is 31.2. The molecule has 3 aromatic heterocycles. The van der Waals surface area contributed by atoms with Crippen molar-refractivity contribution in [2.45, 2.75) is 78.4 Å². The first kappa shape index (κ1) is 38.0. The van der Waals surface area contributed by atoms with Gasteiger partial charge in [-0.05, 0) is 74.2 Å². The van der Waals surface area contributed by atoms with Gasteiger partial charge in [-0.1, -0.05) is 131 Å². The average molecular weight is 893 g/mol. The van der Waals surface area contributed by atoms with Crippen LogP contribution in [0.2, 0.25) is 19.6 Å². The minimum Gasteiger partial charge on any atom is -0.305 e. The molecule has 3 heterocycles.